The smallest absolute Gasteiger partial charge is 0.137 e. The van der Waals surface area contributed by atoms with E-state index in [1.54, 1.807) is 12.1 Å². The Kier molecular flexibility index (Phi) is 5.96. The summed E-state index contributed by atoms with van der Waals surface area (Å²) in [6.07, 6.45) is 1.19. The van der Waals surface area contributed by atoms with Gasteiger partial charge in [-0.15, -0.1) is 0 Å². The van der Waals surface area contributed by atoms with Gasteiger partial charge in [-0.05, 0) is 46.6 Å². The zero-order chi connectivity index (χ0) is 14.5. The van der Waals surface area contributed by atoms with Crippen LogP contribution in [-0.2, 0) is 0 Å². The predicted octanol–water partition coefficient (Wildman–Crippen LogP) is 2.62. The Bertz CT molecular complexity index is 433. The quantitative estimate of drug-likeness (QED) is 0.891. The van der Waals surface area contributed by atoms with Crippen molar-refractivity contribution in [3.8, 4) is 0 Å². The summed E-state index contributed by atoms with van der Waals surface area (Å²) in [4.78, 5) is 4.85. The van der Waals surface area contributed by atoms with E-state index in [1.807, 2.05) is 6.07 Å². The molecule has 3 nitrogen and oxygen atoms in total. The fourth-order valence-electron chi connectivity index (χ4n) is 2.83. The summed E-state index contributed by atoms with van der Waals surface area (Å²) in [5, 5.41) is 0. The highest BCUT2D eigenvalue weighted by molar-refractivity contribution is 9.10. The van der Waals surface area contributed by atoms with Crippen molar-refractivity contribution < 1.29 is 4.39 Å². The summed E-state index contributed by atoms with van der Waals surface area (Å²) in [7, 11) is 0. The van der Waals surface area contributed by atoms with Crippen molar-refractivity contribution in [2.24, 2.45) is 5.73 Å². The monoisotopic (exact) mass is 343 g/mol. The number of hydrogen-bond acceptors (Lipinski definition) is 3. The number of nitrogens with zero attached hydrogens (tertiary/aromatic N) is 2. The first-order chi connectivity index (χ1) is 9.65. The Morgan fingerprint density at radius 2 is 2.00 bits per heavy atom. The lowest BCUT2D eigenvalue weighted by Gasteiger charge is -2.39. The van der Waals surface area contributed by atoms with E-state index in [0.717, 1.165) is 38.3 Å². The minimum Gasteiger partial charge on any atom is -0.329 e. The Labute approximate surface area is 129 Å². The summed E-state index contributed by atoms with van der Waals surface area (Å²) < 4.78 is 14.2. The second-order valence-corrected chi connectivity index (χ2v) is 6.16. The molecule has 1 fully saturated rings. The van der Waals surface area contributed by atoms with Crippen LogP contribution in [0.25, 0.3) is 0 Å². The highest BCUT2D eigenvalue weighted by atomic mass is 79.9. The average Bonchev–Trinajstić information content (AvgIpc) is 2.46. The molecule has 0 radical (unpaired) electrons. The zero-order valence-electron chi connectivity index (χ0n) is 12.0. The molecular formula is C15H23BrFN3. The van der Waals surface area contributed by atoms with Crippen LogP contribution in [0.1, 0.15) is 24.9 Å². The molecule has 5 heteroatoms. The van der Waals surface area contributed by atoms with Gasteiger partial charge in [-0.1, -0.05) is 13.0 Å². The van der Waals surface area contributed by atoms with Crippen LogP contribution in [-0.4, -0.2) is 49.1 Å². The molecule has 0 bridgehead atoms. The summed E-state index contributed by atoms with van der Waals surface area (Å²) in [5.74, 6) is -0.217. The molecule has 1 heterocycles. The van der Waals surface area contributed by atoms with Crippen LogP contribution in [0.2, 0.25) is 0 Å². The van der Waals surface area contributed by atoms with Crippen molar-refractivity contribution in [1.29, 1.82) is 0 Å². The topological polar surface area (TPSA) is 32.5 Å². The van der Waals surface area contributed by atoms with Gasteiger partial charge >= 0.3 is 0 Å². The first-order valence-electron chi connectivity index (χ1n) is 7.27. The van der Waals surface area contributed by atoms with Crippen molar-refractivity contribution in [1.82, 2.24) is 9.80 Å². The summed E-state index contributed by atoms with van der Waals surface area (Å²) in [5.41, 5.74) is 6.90. The van der Waals surface area contributed by atoms with Crippen LogP contribution in [0.5, 0.6) is 0 Å². The molecule has 1 aromatic rings. The summed E-state index contributed by atoms with van der Waals surface area (Å²) in [6.45, 7) is 8.04. The molecule has 112 valence electrons. The molecule has 1 saturated heterocycles. The normalized spacial score (nSPS) is 19.2. The van der Waals surface area contributed by atoms with Gasteiger partial charge < -0.3 is 10.6 Å². The van der Waals surface area contributed by atoms with Crippen LogP contribution in [0, 0.1) is 5.82 Å². The standard InChI is InChI=1S/C15H23BrFN3/c1-2-5-19-6-8-20(9-7-19)15(11-18)12-3-4-13(16)14(17)10-12/h3-4,10,15H,2,5-9,11,18H2,1H3. The van der Waals surface area contributed by atoms with E-state index in [9.17, 15) is 4.39 Å². The Morgan fingerprint density at radius 1 is 1.30 bits per heavy atom. The van der Waals surface area contributed by atoms with E-state index in [1.165, 1.54) is 6.42 Å². The number of nitrogens with two attached hydrogens (primary N) is 1. The van der Waals surface area contributed by atoms with E-state index in [4.69, 9.17) is 5.73 Å². The van der Waals surface area contributed by atoms with Gasteiger partial charge in [0.05, 0.1) is 4.47 Å². The van der Waals surface area contributed by atoms with Gasteiger partial charge in [0, 0.05) is 38.8 Å². The first-order valence-corrected chi connectivity index (χ1v) is 8.06. The van der Waals surface area contributed by atoms with Gasteiger partial charge in [-0.3, -0.25) is 4.90 Å². The lowest BCUT2D eigenvalue weighted by atomic mass is 10.0. The van der Waals surface area contributed by atoms with Crippen molar-refractivity contribution in [3.05, 3.63) is 34.1 Å². The molecule has 1 atom stereocenters. The number of rotatable bonds is 5. The minimum atomic E-state index is -0.217. The highest BCUT2D eigenvalue weighted by Gasteiger charge is 2.24. The lowest BCUT2D eigenvalue weighted by Crippen LogP contribution is -2.49. The molecule has 1 aromatic carbocycles. The summed E-state index contributed by atoms with van der Waals surface area (Å²) in [6, 6.07) is 5.44. The van der Waals surface area contributed by atoms with Crippen LogP contribution in [0.3, 0.4) is 0 Å². The fraction of sp³-hybridized carbons (Fsp3) is 0.600. The third kappa shape index (κ3) is 3.79. The zero-order valence-corrected chi connectivity index (χ0v) is 13.6. The molecule has 20 heavy (non-hydrogen) atoms. The maximum Gasteiger partial charge on any atom is 0.137 e. The molecule has 1 aliphatic rings. The van der Waals surface area contributed by atoms with E-state index in [-0.39, 0.29) is 11.9 Å². The van der Waals surface area contributed by atoms with Crippen LogP contribution < -0.4 is 5.73 Å². The average molecular weight is 344 g/mol. The number of hydrogen-bond donors (Lipinski definition) is 1. The minimum absolute atomic E-state index is 0.112. The van der Waals surface area contributed by atoms with Crippen LogP contribution >= 0.6 is 15.9 Å². The molecule has 0 saturated carbocycles. The largest absolute Gasteiger partial charge is 0.329 e. The van der Waals surface area contributed by atoms with E-state index < -0.39 is 0 Å². The van der Waals surface area contributed by atoms with Crippen molar-refractivity contribution >= 4 is 15.9 Å². The fourth-order valence-corrected chi connectivity index (χ4v) is 3.08. The molecule has 0 spiro atoms. The van der Waals surface area contributed by atoms with E-state index in [2.05, 4.69) is 32.7 Å². The molecule has 0 amide bonds. The van der Waals surface area contributed by atoms with E-state index in [0.29, 0.717) is 11.0 Å². The van der Waals surface area contributed by atoms with Gasteiger partial charge in [-0.25, -0.2) is 4.39 Å². The lowest BCUT2D eigenvalue weighted by molar-refractivity contribution is 0.0984. The molecule has 1 aliphatic heterocycles. The Morgan fingerprint density at radius 3 is 2.55 bits per heavy atom. The molecular weight excluding hydrogens is 321 g/mol. The van der Waals surface area contributed by atoms with Gasteiger partial charge in [0.2, 0.25) is 0 Å². The maximum absolute atomic E-state index is 13.7. The van der Waals surface area contributed by atoms with Crippen molar-refractivity contribution in [2.75, 3.05) is 39.3 Å². The van der Waals surface area contributed by atoms with Gasteiger partial charge in [0.1, 0.15) is 5.82 Å². The van der Waals surface area contributed by atoms with Gasteiger partial charge in [0.25, 0.3) is 0 Å². The van der Waals surface area contributed by atoms with Crippen LogP contribution in [0.15, 0.2) is 22.7 Å². The summed E-state index contributed by atoms with van der Waals surface area (Å²) >= 11 is 3.20. The molecule has 2 N–H and O–H groups in total. The number of piperazine rings is 1. The molecule has 0 aromatic heterocycles. The Hall–Kier alpha value is -0.490. The third-order valence-electron chi connectivity index (χ3n) is 3.94. The molecule has 0 aliphatic carbocycles. The SMILES string of the molecule is CCCN1CCN(C(CN)c2ccc(Br)c(F)c2)CC1. The predicted molar refractivity (Wildman–Crippen MR) is 84.2 cm³/mol. The second kappa shape index (κ2) is 7.50. The van der Waals surface area contributed by atoms with E-state index >= 15 is 0 Å². The first kappa shape index (κ1) is 15.9. The van der Waals surface area contributed by atoms with Gasteiger partial charge in [0.15, 0.2) is 0 Å². The van der Waals surface area contributed by atoms with Gasteiger partial charge in [-0.2, -0.15) is 0 Å². The maximum atomic E-state index is 13.7. The second-order valence-electron chi connectivity index (χ2n) is 5.30. The Balaban J connectivity index is 2.03. The number of halogens is 2. The van der Waals surface area contributed by atoms with Crippen LogP contribution in [0.4, 0.5) is 4.39 Å². The molecule has 1 unspecified atom stereocenters. The van der Waals surface area contributed by atoms with Crippen molar-refractivity contribution in [2.45, 2.75) is 19.4 Å². The molecule has 2 rings (SSSR count). The number of benzene rings is 1. The third-order valence-corrected chi connectivity index (χ3v) is 4.58. The highest BCUT2D eigenvalue weighted by Crippen LogP contribution is 2.25. The van der Waals surface area contributed by atoms with Crippen molar-refractivity contribution in [3.63, 3.8) is 0 Å².